The molecule has 2 rings (SSSR count). The molecule has 2 aromatic carbocycles. The molecule has 0 aromatic heterocycles. The van der Waals surface area contributed by atoms with Crippen molar-refractivity contribution in [2.24, 2.45) is 0 Å². The highest BCUT2D eigenvalue weighted by molar-refractivity contribution is 6.07. The number of aliphatic hydroxyl groups excluding tert-OH is 1. The van der Waals surface area contributed by atoms with Gasteiger partial charge in [-0.2, -0.15) is 0 Å². The monoisotopic (exact) mass is 259 g/mol. The summed E-state index contributed by atoms with van der Waals surface area (Å²) in [4.78, 5) is 22.8. The molecule has 5 heteroatoms. The quantitative estimate of drug-likeness (QED) is 0.765. The standard InChI is InChI=1S/C14H13NO4/c16-8-12(14(18)19)15-13(17)11-7-3-5-9-4-1-2-6-10(9)11/h1-7,12,16H,8H2,(H,15,17)(H,18,19). The molecular weight excluding hydrogens is 246 g/mol. The van der Waals surface area contributed by atoms with Crippen LogP contribution in [0.15, 0.2) is 42.5 Å². The predicted molar refractivity (Wildman–Crippen MR) is 69.9 cm³/mol. The van der Waals surface area contributed by atoms with Crippen LogP contribution >= 0.6 is 0 Å². The number of aliphatic carboxylic acids is 1. The third kappa shape index (κ3) is 2.71. The van der Waals surface area contributed by atoms with Gasteiger partial charge in [-0.05, 0) is 16.8 Å². The lowest BCUT2D eigenvalue weighted by Gasteiger charge is -2.12. The van der Waals surface area contributed by atoms with Crippen LogP contribution in [0.4, 0.5) is 0 Å². The fourth-order valence-electron chi connectivity index (χ4n) is 1.84. The largest absolute Gasteiger partial charge is 0.480 e. The van der Waals surface area contributed by atoms with Gasteiger partial charge >= 0.3 is 5.97 Å². The van der Waals surface area contributed by atoms with Gasteiger partial charge in [0.15, 0.2) is 6.04 Å². The zero-order chi connectivity index (χ0) is 13.8. The van der Waals surface area contributed by atoms with Gasteiger partial charge < -0.3 is 15.5 Å². The minimum Gasteiger partial charge on any atom is -0.480 e. The molecule has 0 bridgehead atoms. The van der Waals surface area contributed by atoms with Crippen molar-refractivity contribution in [2.75, 3.05) is 6.61 Å². The second-order valence-corrected chi connectivity index (χ2v) is 4.07. The lowest BCUT2D eigenvalue weighted by molar-refractivity contribution is -0.140. The van der Waals surface area contributed by atoms with E-state index in [0.29, 0.717) is 5.56 Å². The van der Waals surface area contributed by atoms with Gasteiger partial charge in [0.1, 0.15) is 0 Å². The van der Waals surface area contributed by atoms with Gasteiger partial charge in [-0.25, -0.2) is 4.79 Å². The van der Waals surface area contributed by atoms with E-state index in [0.717, 1.165) is 10.8 Å². The first-order chi connectivity index (χ1) is 9.13. The maximum Gasteiger partial charge on any atom is 0.328 e. The lowest BCUT2D eigenvalue weighted by Crippen LogP contribution is -2.43. The number of amides is 1. The molecule has 1 amide bonds. The molecule has 0 aliphatic heterocycles. The molecular formula is C14H13NO4. The van der Waals surface area contributed by atoms with Crippen molar-refractivity contribution in [3.63, 3.8) is 0 Å². The third-order valence-electron chi connectivity index (χ3n) is 2.82. The number of rotatable bonds is 4. The number of hydrogen-bond donors (Lipinski definition) is 3. The summed E-state index contributed by atoms with van der Waals surface area (Å²) in [6, 6.07) is 11.2. The Morgan fingerprint density at radius 1 is 1.11 bits per heavy atom. The van der Waals surface area contributed by atoms with Gasteiger partial charge in [0, 0.05) is 5.56 Å². The van der Waals surface area contributed by atoms with Crippen molar-refractivity contribution < 1.29 is 19.8 Å². The summed E-state index contributed by atoms with van der Waals surface area (Å²) in [6.07, 6.45) is 0. The highest BCUT2D eigenvalue weighted by Gasteiger charge is 2.20. The van der Waals surface area contributed by atoms with E-state index < -0.39 is 24.5 Å². The number of benzene rings is 2. The summed E-state index contributed by atoms with van der Waals surface area (Å²) in [5.41, 5.74) is 0.387. The number of nitrogens with one attached hydrogen (secondary N) is 1. The summed E-state index contributed by atoms with van der Waals surface area (Å²) < 4.78 is 0. The maximum atomic E-state index is 12.0. The second-order valence-electron chi connectivity index (χ2n) is 4.07. The van der Waals surface area contributed by atoms with Crippen LogP contribution in [0.5, 0.6) is 0 Å². The summed E-state index contributed by atoms with van der Waals surface area (Å²) in [7, 11) is 0. The van der Waals surface area contributed by atoms with Crippen molar-refractivity contribution in [1.82, 2.24) is 5.32 Å². The molecule has 0 spiro atoms. The Morgan fingerprint density at radius 3 is 2.47 bits per heavy atom. The van der Waals surface area contributed by atoms with E-state index >= 15 is 0 Å². The molecule has 0 saturated heterocycles. The number of hydrogen-bond acceptors (Lipinski definition) is 3. The number of carbonyl (C=O) groups excluding carboxylic acids is 1. The van der Waals surface area contributed by atoms with Gasteiger partial charge in [0.2, 0.25) is 0 Å². The Balaban J connectivity index is 2.34. The molecule has 0 heterocycles. The Morgan fingerprint density at radius 2 is 1.79 bits per heavy atom. The summed E-state index contributed by atoms with van der Waals surface area (Å²) in [5, 5.41) is 21.6. The third-order valence-corrected chi connectivity index (χ3v) is 2.82. The van der Waals surface area contributed by atoms with E-state index in [1.807, 2.05) is 18.2 Å². The van der Waals surface area contributed by atoms with Gasteiger partial charge in [-0.15, -0.1) is 0 Å². The highest BCUT2D eigenvalue weighted by atomic mass is 16.4. The van der Waals surface area contributed by atoms with Crippen molar-refractivity contribution >= 4 is 22.6 Å². The van der Waals surface area contributed by atoms with Crippen molar-refractivity contribution in [3.8, 4) is 0 Å². The van der Waals surface area contributed by atoms with E-state index in [2.05, 4.69) is 5.32 Å². The average Bonchev–Trinajstić information content (AvgIpc) is 2.43. The van der Waals surface area contributed by atoms with Crippen LogP contribution in [0, 0.1) is 0 Å². The van der Waals surface area contributed by atoms with Crippen molar-refractivity contribution in [3.05, 3.63) is 48.0 Å². The fraction of sp³-hybridized carbons (Fsp3) is 0.143. The Kier molecular flexibility index (Phi) is 3.77. The van der Waals surface area contributed by atoms with Crippen LogP contribution in [0.2, 0.25) is 0 Å². The van der Waals surface area contributed by atoms with E-state index in [9.17, 15) is 9.59 Å². The van der Waals surface area contributed by atoms with Gasteiger partial charge in [-0.3, -0.25) is 4.79 Å². The molecule has 19 heavy (non-hydrogen) atoms. The van der Waals surface area contributed by atoms with E-state index in [-0.39, 0.29) is 0 Å². The van der Waals surface area contributed by atoms with E-state index in [4.69, 9.17) is 10.2 Å². The molecule has 0 radical (unpaired) electrons. The predicted octanol–water partition coefficient (Wildman–Crippen LogP) is 1.02. The summed E-state index contributed by atoms with van der Waals surface area (Å²) >= 11 is 0. The summed E-state index contributed by atoms with van der Waals surface area (Å²) in [6.45, 7) is -0.647. The molecule has 0 saturated carbocycles. The molecule has 0 aliphatic rings. The SMILES string of the molecule is O=C(NC(CO)C(=O)O)c1cccc2ccccc12. The van der Waals surface area contributed by atoms with Gasteiger partial charge in [0.05, 0.1) is 6.61 Å². The van der Waals surface area contributed by atoms with Crippen LogP contribution in [-0.2, 0) is 4.79 Å². The van der Waals surface area contributed by atoms with E-state index in [1.54, 1.807) is 24.3 Å². The molecule has 1 unspecified atom stereocenters. The van der Waals surface area contributed by atoms with Gasteiger partial charge in [-0.1, -0.05) is 36.4 Å². The lowest BCUT2D eigenvalue weighted by atomic mass is 10.0. The number of carboxylic acid groups (broad SMARTS) is 1. The summed E-state index contributed by atoms with van der Waals surface area (Å²) in [5.74, 6) is -1.78. The molecule has 1 atom stereocenters. The Labute approximate surface area is 109 Å². The Hall–Kier alpha value is -2.40. The number of carboxylic acids is 1. The van der Waals surface area contributed by atoms with Crippen LogP contribution in [-0.4, -0.2) is 34.7 Å². The number of carbonyl (C=O) groups is 2. The smallest absolute Gasteiger partial charge is 0.328 e. The second kappa shape index (κ2) is 5.49. The fourth-order valence-corrected chi connectivity index (χ4v) is 1.84. The molecule has 2 aromatic rings. The normalized spacial score (nSPS) is 12.1. The Bertz CT molecular complexity index is 618. The van der Waals surface area contributed by atoms with Crippen LogP contribution in [0.25, 0.3) is 10.8 Å². The molecule has 5 nitrogen and oxygen atoms in total. The first-order valence-corrected chi connectivity index (χ1v) is 5.76. The average molecular weight is 259 g/mol. The molecule has 0 fully saturated rings. The number of aliphatic hydroxyl groups is 1. The zero-order valence-corrected chi connectivity index (χ0v) is 10.0. The highest BCUT2D eigenvalue weighted by Crippen LogP contribution is 2.18. The maximum absolute atomic E-state index is 12.0. The molecule has 3 N–H and O–H groups in total. The van der Waals surface area contributed by atoms with Crippen LogP contribution < -0.4 is 5.32 Å². The topological polar surface area (TPSA) is 86.6 Å². The van der Waals surface area contributed by atoms with Crippen molar-refractivity contribution in [2.45, 2.75) is 6.04 Å². The number of fused-ring (bicyclic) bond motifs is 1. The minimum absolute atomic E-state index is 0.387. The molecule has 0 aliphatic carbocycles. The first kappa shape index (κ1) is 13.0. The molecule has 98 valence electrons. The van der Waals surface area contributed by atoms with Gasteiger partial charge in [0.25, 0.3) is 5.91 Å². The van der Waals surface area contributed by atoms with Crippen LogP contribution in [0.3, 0.4) is 0 Å². The van der Waals surface area contributed by atoms with Crippen molar-refractivity contribution in [1.29, 1.82) is 0 Å². The van der Waals surface area contributed by atoms with E-state index in [1.165, 1.54) is 0 Å². The zero-order valence-electron chi connectivity index (χ0n) is 10.0. The van der Waals surface area contributed by atoms with Crippen LogP contribution in [0.1, 0.15) is 10.4 Å². The first-order valence-electron chi connectivity index (χ1n) is 5.76. The minimum atomic E-state index is -1.30.